The predicted molar refractivity (Wildman–Crippen MR) is 59.8 cm³/mol. The summed E-state index contributed by atoms with van der Waals surface area (Å²) in [6.07, 6.45) is 0.867. The topological polar surface area (TPSA) is 38.3 Å². The monoisotopic (exact) mass is 225 g/mol. The third-order valence-electron chi connectivity index (χ3n) is 2.19. The van der Waals surface area contributed by atoms with Gasteiger partial charge < -0.3 is 10.1 Å². The normalized spacial score (nSPS) is 11.9. The molecule has 0 fully saturated rings. The molecule has 0 saturated heterocycles. The molecule has 0 radical (unpaired) electrons. The molecule has 0 aliphatic heterocycles. The van der Waals surface area contributed by atoms with Crippen LogP contribution in [0.5, 0.6) is 5.75 Å². The van der Waals surface area contributed by atoms with E-state index in [1.807, 2.05) is 13.8 Å². The molecule has 0 saturated carbocycles. The average Bonchev–Trinajstić information content (AvgIpc) is 2.26. The maximum Gasteiger partial charge on any atom is 0.258 e. The van der Waals surface area contributed by atoms with Gasteiger partial charge in [0.15, 0.2) is 6.61 Å². The van der Waals surface area contributed by atoms with Crippen LogP contribution in [0.3, 0.4) is 0 Å². The Balaban J connectivity index is 2.37. The highest BCUT2D eigenvalue weighted by Crippen LogP contribution is 2.11. The summed E-state index contributed by atoms with van der Waals surface area (Å²) >= 11 is 0. The van der Waals surface area contributed by atoms with E-state index >= 15 is 0 Å². The van der Waals surface area contributed by atoms with Gasteiger partial charge in [0, 0.05) is 12.1 Å². The molecule has 0 unspecified atom stereocenters. The molecule has 16 heavy (non-hydrogen) atoms. The van der Waals surface area contributed by atoms with Crippen LogP contribution in [-0.2, 0) is 4.79 Å². The lowest BCUT2D eigenvalue weighted by atomic mass is 10.2. The van der Waals surface area contributed by atoms with E-state index in [0.29, 0.717) is 5.75 Å². The summed E-state index contributed by atoms with van der Waals surface area (Å²) in [6.45, 7) is 3.81. The molecular formula is C12H16FNO2. The molecule has 0 aromatic heterocycles. The number of hydrogen-bond donors (Lipinski definition) is 1. The van der Waals surface area contributed by atoms with Crippen LogP contribution in [0.15, 0.2) is 24.3 Å². The van der Waals surface area contributed by atoms with Gasteiger partial charge in [-0.15, -0.1) is 0 Å². The first-order valence-electron chi connectivity index (χ1n) is 5.29. The van der Waals surface area contributed by atoms with E-state index in [1.165, 1.54) is 18.2 Å². The Labute approximate surface area is 94.6 Å². The van der Waals surface area contributed by atoms with Crippen molar-refractivity contribution in [1.82, 2.24) is 5.32 Å². The molecule has 3 nitrogen and oxygen atoms in total. The first-order valence-corrected chi connectivity index (χ1v) is 5.29. The number of rotatable bonds is 5. The number of hydrogen-bond acceptors (Lipinski definition) is 2. The van der Waals surface area contributed by atoms with Crippen molar-refractivity contribution >= 4 is 5.91 Å². The largest absolute Gasteiger partial charge is 0.484 e. The smallest absolute Gasteiger partial charge is 0.258 e. The minimum atomic E-state index is -0.375. The number of halogens is 1. The fraction of sp³-hybridized carbons (Fsp3) is 0.417. The molecule has 1 amide bonds. The van der Waals surface area contributed by atoms with Crippen molar-refractivity contribution in [3.8, 4) is 5.75 Å². The third kappa shape index (κ3) is 4.29. The van der Waals surface area contributed by atoms with Gasteiger partial charge in [-0.25, -0.2) is 4.39 Å². The molecule has 0 heterocycles. The quantitative estimate of drug-likeness (QED) is 0.833. The zero-order chi connectivity index (χ0) is 12.0. The first-order chi connectivity index (χ1) is 7.61. The molecule has 0 spiro atoms. The molecule has 1 N–H and O–H groups in total. The zero-order valence-electron chi connectivity index (χ0n) is 9.50. The van der Waals surface area contributed by atoms with Crippen LogP contribution in [-0.4, -0.2) is 18.6 Å². The summed E-state index contributed by atoms with van der Waals surface area (Å²) in [4.78, 5) is 11.3. The van der Waals surface area contributed by atoms with Gasteiger partial charge in [-0.2, -0.15) is 0 Å². The van der Waals surface area contributed by atoms with Crippen LogP contribution in [0.1, 0.15) is 20.3 Å². The van der Waals surface area contributed by atoms with E-state index in [4.69, 9.17) is 4.74 Å². The molecule has 0 bridgehead atoms. The van der Waals surface area contributed by atoms with E-state index in [9.17, 15) is 9.18 Å². The highest BCUT2D eigenvalue weighted by molar-refractivity contribution is 5.77. The SMILES string of the molecule is CC[C@H](C)NC(=O)COc1cccc(F)c1. The number of nitrogens with one attached hydrogen (secondary N) is 1. The number of amides is 1. The van der Waals surface area contributed by atoms with Gasteiger partial charge in [0.2, 0.25) is 0 Å². The average molecular weight is 225 g/mol. The maximum atomic E-state index is 12.8. The van der Waals surface area contributed by atoms with Crippen molar-refractivity contribution < 1.29 is 13.9 Å². The summed E-state index contributed by atoms with van der Waals surface area (Å²) in [6, 6.07) is 5.85. The van der Waals surface area contributed by atoms with Gasteiger partial charge in [-0.05, 0) is 25.5 Å². The molecular weight excluding hydrogens is 209 g/mol. The summed E-state index contributed by atoms with van der Waals surface area (Å²) < 4.78 is 17.9. The minimum Gasteiger partial charge on any atom is -0.484 e. The van der Waals surface area contributed by atoms with E-state index in [2.05, 4.69) is 5.32 Å². The molecule has 1 atom stereocenters. The minimum absolute atomic E-state index is 0.0895. The Hall–Kier alpha value is -1.58. The van der Waals surface area contributed by atoms with E-state index in [1.54, 1.807) is 6.07 Å². The fourth-order valence-corrected chi connectivity index (χ4v) is 1.12. The van der Waals surface area contributed by atoms with Crippen LogP contribution < -0.4 is 10.1 Å². The Morgan fingerprint density at radius 3 is 2.94 bits per heavy atom. The lowest BCUT2D eigenvalue weighted by Gasteiger charge is -2.11. The second kappa shape index (κ2) is 6.10. The molecule has 4 heteroatoms. The summed E-state index contributed by atoms with van der Waals surface area (Å²) in [5.74, 6) is -0.210. The van der Waals surface area contributed by atoms with Crippen LogP contribution >= 0.6 is 0 Å². The van der Waals surface area contributed by atoms with Crippen LogP contribution in [0.2, 0.25) is 0 Å². The number of ether oxygens (including phenoxy) is 1. The van der Waals surface area contributed by atoms with Gasteiger partial charge in [-0.3, -0.25) is 4.79 Å². The summed E-state index contributed by atoms with van der Waals surface area (Å²) in [5.41, 5.74) is 0. The van der Waals surface area contributed by atoms with Crippen LogP contribution in [0.4, 0.5) is 4.39 Å². The lowest BCUT2D eigenvalue weighted by Crippen LogP contribution is -2.35. The first kappa shape index (κ1) is 12.5. The number of carbonyl (C=O) groups excluding carboxylic acids is 1. The Bertz CT molecular complexity index is 355. The predicted octanol–water partition coefficient (Wildman–Crippen LogP) is 2.12. The van der Waals surface area contributed by atoms with Gasteiger partial charge in [0.25, 0.3) is 5.91 Å². The Kier molecular flexibility index (Phi) is 4.76. The molecule has 1 aromatic carbocycles. The third-order valence-corrected chi connectivity index (χ3v) is 2.19. The number of carbonyl (C=O) groups is 1. The van der Waals surface area contributed by atoms with E-state index < -0.39 is 0 Å². The van der Waals surface area contributed by atoms with Crippen LogP contribution in [0.25, 0.3) is 0 Å². The van der Waals surface area contributed by atoms with Gasteiger partial charge in [0.1, 0.15) is 11.6 Å². The molecule has 1 rings (SSSR count). The van der Waals surface area contributed by atoms with Gasteiger partial charge >= 0.3 is 0 Å². The van der Waals surface area contributed by atoms with Crippen LogP contribution in [0, 0.1) is 5.82 Å². The van der Waals surface area contributed by atoms with Gasteiger partial charge in [-0.1, -0.05) is 13.0 Å². The maximum absolute atomic E-state index is 12.8. The van der Waals surface area contributed by atoms with Crippen molar-refractivity contribution in [1.29, 1.82) is 0 Å². The second-order valence-corrected chi connectivity index (χ2v) is 3.62. The zero-order valence-corrected chi connectivity index (χ0v) is 9.50. The van der Waals surface area contributed by atoms with Crippen molar-refractivity contribution in [2.24, 2.45) is 0 Å². The molecule has 0 aliphatic carbocycles. The lowest BCUT2D eigenvalue weighted by molar-refractivity contribution is -0.123. The molecule has 88 valence electrons. The van der Waals surface area contributed by atoms with E-state index in [-0.39, 0.29) is 24.4 Å². The van der Waals surface area contributed by atoms with Crippen molar-refractivity contribution in [2.75, 3.05) is 6.61 Å². The summed E-state index contributed by atoms with van der Waals surface area (Å²) in [5, 5.41) is 2.76. The standard InChI is InChI=1S/C12H16FNO2/c1-3-9(2)14-12(15)8-16-11-6-4-5-10(13)7-11/h4-7,9H,3,8H2,1-2H3,(H,14,15)/t9-/m0/s1. The number of benzene rings is 1. The molecule has 1 aromatic rings. The Morgan fingerprint density at radius 2 is 2.31 bits per heavy atom. The van der Waals surface area contributed by atoms with Crippen molar-refractivity contribution in [2.45, 2.75) is 26.3 Å². The van der Waals surface area contributed by atoms with E-state index in [0.717, 1.165) is 6.42 Å². The summed E-state index contributed by atoms with van der Waals surface area (Å²) in [7, 11) is 0. The van der Waals surface area contributed by atoms with Crippen molar-refractivity contribution in [3.05, 3.63) is 30.1 Å². The highest BCUT2D eigenvalue weighted by atomic mass is 19.1. The highest BCUT2D eigenvalue weighted by Gasteiger charge is 2.06. The fourth-order valence-electron chi connectivity index (χ4n) is 1.12. The van der Waals surface area contributed by atoms with Gasteiger partial charge in [0.05, 0.1) is 0 Å². The second-order valence-electron chi connectivity index (χ2n) is 3.62. The Morgan fingerprint density at radius 1 is 1.56 bits per heavy atom. The molecule has 0 aliphatic rings. The van der Waals surface area contributed by atoms with Crippen molar-refractivity contribution in [3.63, 3.8) is 0 Å².